The Morgan fingerprint density at radius 2 is 2.11 bits per heavy atom. The molecule has 1 amide bonds. The molecule has 2 unspecified atom stereocenters. The Bertz CT molecular complexity index is 366. The van der Waals surface area contributed by atoms with Crippen molar-refractivity contribution < 1.29 is 14.6 Å². The minimum atomic E-state index is -0.863. The number of nitrogens with one attached hydrogen (secondary N) is 1. The zero-order valence-electron chi connectivity index (χ0n) is 12.2. The first-order valence-electron chi connectivity index (χ1n) is 7.11. The molecule has 110 valence electrons. The van der Waals surface area contributed by atoms with E-state index >= 15 is 0 Å². The first-order valence-corrected chi connectivity index (χ1v) is 7.11. The van der Waals surface area contributed by atoms with Crippen LogP contribution in [0, 0.1) is 10.8 Å². The summed E-state index contributed by atoms with van der Waals surface area (Å²) in [5.41, 5.74) is 4.98. The molecule has 0 aromatic heterocycles. The third-order valence-corrected chi connectivity index (χ3v) is 5.15. The van der Waals surface area contributed by atoms with E-state index in [-0.39, 0.29) is 29.4 Å². The average molecular weight is 270 g/mol. The van der Waals surface area contributed by atoms with Gasteiger partial charge in [0.15, 0.2) is 0 Å². The number of carbonyl (C=O) groups excluding carboxylic acids is 1. The summed E-state index contributed by atoms with van der Waals surface area (Å²) in [6.07, 6.45) is 2.56. The number of amides is 1. The van der Waals surface area contributed by atoms with Crippen LogP contribution in [0.4, 0.5) is 0 Å². The van der Waals surface area contributed by atoms with Gasteiger partial charge in [0.25, 0.3) is 0 Å². The molecule has 5 heteroatoms. The number of aliphatic hydroxyl groups is 1. The van der Waals surface area contributed by atoms with Crippen LogP contribution in [0.3, 0.4) is 0 Å². The largest absolute Gasteiger partial charge is 0.396 e. The number of ether oxygens (including phenoxy) is 1. The summed E-state index contributed by atoms with van der Waals surface area (Å²) >= 11 is 0. The number of hydrogen-bond donors (Lipinski definition) is 3. The molecule has 0 aromatic carbocycles. The van der Waals surface area contributed by atoms with Crippen molar-refractivity contribution in [2.24, 2.45) is 16.6 Å². The molecular formula is C14H26N2O3. The van der Waals surface area contributed by atoms with Crippen LogP contribution in [0.15, 0.2) is 0 Å². The van der Waals surface area contributed by atoms with E-state index in [4.69, 9.17) is 10.5 Å². The van der Waals surface area contributed by atoms with E-state index in [2.05, 4.69) is 5.32 Å². The van der Waals surface area contributed by atoms with Crippen LogP contribution < -0.4 is 11.1 Å². The second-order valence-corrected chi connectivity index (χ2v) is 6.68. The molecule has 4 N–H and O–H groups in total. The lowest BCUT2D eigenvalue weighted by atomic mass is 9.54. The molecule has 2 aliphatic carbocycles. The van der Waals surface area contributed by atoms with Crippen molar-refractivity contribution in [3.05, 3.63) is 0 Å². The van der Waals surface area contributed by atoms with E-state index < -0.39 is 5.54 Å². The fraction of sp³-hybridized carbons (Fsp3) is 0.929. The van der Waals surface area contributed by atoms with Crippen molar-refractivity contribution in [2.75, 3.05) is 19.8 Å². The van der Waals surface area contributed by atoms with E-state index in [1.165, 1.54) is 0 Å². The van der Waals surface area contributed by atoms with Gasteiger partial charge in [0, 0.05) is 30.4 Å². The van der Waals surface area contributed by atoms with Crippen LogP contribution in [0.1, 0.15) is 40.0 Å². The fourth-order valence-corrected chi connectivity index (χ4v) is 2.81. The average Bonchev–Trinajstić information content (AvgIpc) is 3.16. The van der Waals surface area contributed by atoms with Crippen LogP contribution >= 0.6 is 0 Å². The fourth-order valence-electron chi connectivity index (χ4n) is 2.81. The zero-order chi connectivity index (χ0) is 14.3. The molecule has 2 rings (SSSR count). The molecule has 2 fully saturated rings. The van der Waals surface area contributed by atoms with Crippen molar-refractivity contribution in [2.45, 2.75) is 51.7 Å². The van der Waals surface area contributed by atoms with Crippen LogP contribution in [0.2, 0.25) is 0 Å². The van der Waals surface area contributed by atoms with Gasteiger partial charge < -0.3 is 20.9 Å². The van der Waals surface area contributed by atoms with Crippen molar-refractivity contribution in [3.63, 3.8) is 0 Å². The molecule has 0 heterocycles. The molecule has 2 atom stereocenters. The quantitative estimate of drug-likeness (QED) is 0.652. The molecule has 5 nitrogen and oxygen atoms in total. The SMILES string of the molecule is CCOC1CC(N)(C(=O)NCC2(CO)CC2)C1(C)C. The highest BCUT2D eigenvalue weighted by Crippen LogP contribution is 2.50. The van der Waals surface area contributed by atoms with E-state index in [9.17, 15) is 9.90 Å². The number of hydrogen-bond acceptors (Lipinski definition) is 4. The minimum Gasteiger partial charge on any atom is -0.396 e. The smallest absolute Gasteiger partial charge is 0.240 e. The third-order valence-electron chi connectivity index (χ3n) is 5.15. The van der Waals surface area contributed by atoms with Crippen molar-refractivity contribution in [3.8, 4) is 0 Å². The third kappa shape index (κ3) is 2.28. The van der Waals surface area contributed by atoms with Gasteiger partial charge >= 0.3 is 0 Å². The Morgan fingerprint density at radius 3 is 2.53 bits per heavy atom. The van der Waals surface area contributed by atoms with Gasteiger partial charge in [0.05, 0.1) is 12.7 Å². The Hall–Kier alpha value is -0.650. The maximum absolute atomic E-state index is 12.3. The first-order chi connectivity index (χ1) is 8.81. The van der Waals surface area contributed by atoms with E-state index in [1.807, 2.05) is 20.8 Å². The lowest BCUT2D eigenvalue weighted by molar-refractivity contribution is -0.170. The number of aliphatic hydroxyl groups excluding tert-OH is 1. The molecule has 0 radical (unpaired) electrons. The minimum absolute atomic E-state index is 0.0426. The normalized spacial score (nSPS) is 34.5. The zero-order valence-corrected chi connectivity index (χ0v) is 12.2. The number of rotatable bonds is 6. The van der Waals surface area contributed by atoms with E-state index in [0.717, 1.165) is 12.8 Å². The van der Waals surface area contributed by atoms with Crippen LogP contribution in [-0.4, -0.2) is 42.4 Å². The van der Waals surface area contributed by atoms with E-state index in [1.54, 1.807) is 0 Å². The lowest BCUT2D eigenvalue weighted by Gasteiger charge is -2.57. The van der Waals surface area contributed by atoms with Crippen molar-refractivity contribution in [1.29, 1.82) is 0 Å². The Morgan fingerprint density at radius 1 is 1.47 bits per heavy atom. The topological polar surface area (TPSA) is 84.6 Å². The van der Waals surface area contributed by atoms with Gasteiger partial charge in [0.1, 0.15) is 5.54 Å². The summed E-state index contributed by atoms with van der Waals surface area (Å²) < 4.78 is 5.62. The summed E-state index contributed by atoms with van der Waals surface area (Å²) in [6, 6.07) is 0. The second kappa shape index (κ2) is 4.72. The van der Waals surface area contributed by atoms with Gasteiger partial charge in [-0.2, -0.15) is 0 Å². The molecule has 0 aromatic rings. The van der Waals surface area contributed by atoms with Crippen LogP contribution in [-0.2, 0) is 9.53 Å². The maximum atomic E-state index is 12.3. The summed E-state index contributed by atoms with van der Waals surface area (Å²) in [5.74, 6) is -0.117. The summed E-state index contributed by atoms with van der Waals surface area (Å²) in [5, 5.41) is 12.2. The molecule has 19 heavy (non-hydrogen) atoms. The first kappa shape index (κ1) is 14.8. The highest BCUT2D eigenvalue weighted by molar-refractivity contribution is 5.88. The molecule has 0 bridgehead atoms. The molecule has 0 spiro atoms. The van der Waals surface area contributed by atoms with Crippen LogP contribution in [0.25, 0.3) is 0 Å². The van der Waals surface area contributed by atoms with Gasteiger partial charge in [-0.3, -0.25) is 4.79 Å². The summed E-state index contributed by atoms with van der Waals surface area (Å²) in [4.78, 5) is 12.3. The van der Waals surface area contributed by atoms with Crippen molar-refractivity contribution in [1.82, 2.24) is 5.32 Å². The predicted octanol–water partition coefficient (Wildman–Crippen LogP) is 0.408. The lowest BCUT2D eigenvalue weighted by Crippen LogP contribution is -2.76. The highest BCUT2D eigenvalue weighted by Gasteiger charge is 2.63. The van der Waals surface area contributed by atoms with Gasteiger partial charge in [-0.05, 0) is 19.8 Å². The molecule has 2 saturated carbocycles. The van der Waals surface area contributed by atoms with Crippen molar-refractivity contribution >= 4 is 5.91 Å². The monoisotopic (exact) mass is 270 g/mol. The predicted molar refractivity (Wildman–Crippen MR) is 72.5 cm³/mol. The van der Waals surface area contributed by atoms with Gasteiger partial charge in [0.2, 0.25) is 5.91 Å². The second-order valence-electron chi connectivity index (χ2n) is 6.68. The molecule has 0 aliphatic heterocycles. The maximum Gasteiger partial charge on any atom is 0.240 e. The standard InChI is InChI=1S/C14H26N2O3/c1-4-19-10-7-14(15,12(10,2)3)11(18)16-8-13(9-17)5-6-13/h10,17H,4-9,15H2,1-3H3,(H,16,18). The van der Waals surface area contributed by atoms with E-state index in [0.29, 0.717) is 19.6 Å². The highest BCUT2D eigenvalue weighted by atomic mass is 16.5. The number of nitrogens with two attached hydrogens (primary N) is 1. The number of carbonyl (C=O) groups is 1. The summed E-state index contributed by atoms with van der Waals surface area (Å²) in [7, 11) is 0. The van der Waals surface area contributed by atoms with Gasteiger partial charge in [-0.15, -0.1) is 0 Å². The molecular weight excluding hydrogens is 244 g/mol. The van der Waals surface area contributed by atoms with Gasteiger partial charge in [-0.25, -0.2) is 0 Å². The molecule has 0 saturated heterocycles. The van der Waals surface area contributed by atoms with Gasteiger partial charge in [-0.1, -0.05) is 13.8 Å². The Labute approximate surface area is 114 Å². The Kier molecular flexibility index (Phi) is 3.66. The van der Waals surface area contributed by atoms with Crippen LogP contribution in [0.5, 0.6) is 0 Å². The molecule has 2 aliphatic rings. The summed E-state index contributed by atoms with van der Waals surface area (Å²) in [6.45, 7) is 7.21. The Balaban J connectivity index is 1.92.